The summed E-state index contributed by atoms with van der Waals surface area (Å²) in [5.74, 6) is 0.373. The van der Waals surface area contributed by atoms with Crippen molar-refractivity contribution < 1.29 is 4.79 Å². The predicted octanol–water partition coefficient (Wildman–Crippen LogP) is 4.21. The summed E-state index contributed by atoms with van der Waals surface area (Å²) in [5, 5.41) is 7.81. The van der Waals surface area contributed by atoms with Gasteiger partial charge in [-0.3, -0.25) is 4.79 Å². The molecule has 0 aliphatic carbocycles. The summed E-state index contributed by atoms with van der Waals surface area (Å²) < 4.78 is 1.95. The van der Waals surface area contributed by atoms with Crippen molar-refractivity contribution in [2.75, 3.05) is 0 Å². The SMILES string of the molecule is Cc1ccc(C2NC(=O)c3nn(-c4ccccc4)c(CC(C)C)c32)cc1. The van der Waals surface area contributed by atoms with Gasteiger partial charge in [0, 0.05) is 5.56 Å². The van der Waals surface area contributed by atoms with E-state index in [2.05, 4.69) is 50.4 Å². The zero-order valence-electron chi connectivity index (χ0n) is 15.4. The number of aromatic nitrogens is 2. The second kappa shape index (κ2) is 6.45. The maximum atomic E-state index is 12.6. The minimum absolute atomic E-state index is 0.0923. The Balaban J connectivity index is 1.89. The molecule has 0 radical (unpaired) electrons. The lowest BCUT2D eigenvalue weighted by atomic mass is 9.95. The number of amides is 1. The van der Waals surface area contributed by atoms with Crippen LogP contribution in [0.25, 0.3) is 5.69 Å². The number of hydrogen-bond acceptors (Lipinski definition) is 2. The Morgan fingerprint density at radius 2 is 1.77 bits per heavy atom. The molecular weight excluding hydrogens is 322 g/mol. The van der Waals surface area contributed by atoms with Crippen molar-refractivity contribution in [1.29, 1.82) is 0 Å². The Bertz CT molecular complexity index is 940. The van der Waals surface area contributed by atoms with Crippen LogP contribution >= 0.6 is 0 Å². The molecule has 1 unspecified atom stereocenters. The highest BCUT2D eigenvalue weighted by molar-refractivity contribution is 5.98. The predicted molar refractivity (Wildman–Crippen MR) is 103 cm³/mol. The highest BCUT2D eigenvalue weighted by Gasteiger charge is 2.37. The normalized spacial score (nSPS) is 16.0. The number of para-hydroxylation sites is 1. The lowest BCUT2D eigenvalue weighted by Crippen LogP contribution is -2.23. The third-order valence-electron chi connectivity index (χ3n) is 4.81. The summed E-state index contributed by atoms with van der Waals surface area (Å²) in [6, 6.07) is 18.3. The van der Waals surface area contributed by atoms with Gasteiger partial charge < -0.3 is 5.32 Å². The van der Waals surface area contributed by atoms with E-state index in [4.69, 9.17) is 5.10 Å². The zero-order chi connectivity index (χ0) is 18.3. The van der Waals surface area contributed by atoms with E-state index in [0.29, 0.717) is 11.6 Å². The van der Waals surface area contributed by atoms with E-state index in [9.17, 15) is 4.79 Å². The van der Waals surface area contributed by atoms with Crippen molar-refractivity contribution in [3.63, 3.8) is 0 Å². The molecule has 3 aromatic rings. The second-order valence-corrected chi connectivity index (χ2v) is 7.37. The number of carbonyl (C=O) groups excluding carboxylic acids is 1. The highest BCUT2D eigenvalue weighted by atomic mass is 16.2. The van der Waals surface area contributed by atoms with Gasteiger partial charge in [0.15, 0.2) is 5.69 Å². The molecule has 26 heavy (non-hydrogen) atoms. The molecule has 0 spiro atoms. The fourth-order valence-electron chi connectivity index (χ4n) is 3.58. The van der Waals surface area contributed by atoms with E-state index >= 15 is 0 Å². The van der Waals surface area contributed by atoms with Gasteiger partial charge >= 0.3 is 0 Å². The number of aryl methyl sites for hydroxylation is 1. The number of nitrogens with zero attached hydrogens (tertiary/aromatic N) is 2. The van der Waals surface area contributed by atoms with Crippen LogP contribution in [-0.2, 0) is 6.42 Å². The first-order chi connectivity index (χ1) is 12.5. The molecule has 1 atom stereocenters. The van der Waals surface area contributed by atoms with Crippen LogP contribution in [0.1, 0.15) is 52.8 Å². The molecule has 1 N–H and O–H groups in total. The maximum Gasteiger partial charge on any atom is 0.272 e. The number of nitrogens with one attached hydrogen (secondary N) is 1. The van der Waals surface area contributed by atoms with Crippen LogP contribution in [0.2, 0.25) is 0 Å². The van der Waals surface area contributed by atoms with Gasteiger partial charge in [-0.05, 0) is 37.0 Å². The van der Waals surface area contributed by atoms with E-state index in [-0.39, 0.29) is 11.9 Å². The first-order valence-corrected chi connectivity index (χ1v) is 9.09. The van der Waals surface area contributed by atoms with Crippen molar-refractivity contribution >= 4 is 5.91 Å². The molecule has 2 heterocycles. The monoisotopic (exact) mass is 345 g/mol. The van der Waals surface area contributed by atoms with Crippen molar-refractivity contribution in [2.45, 2.75) is 33.2 Å². The van der Waals surface area contributed by atoms with Gasteiger partial charge in [-0.2, -0.15) is 5.10 Å². The molecule has 0 bridgehead atoms. The minimum Gasteiger partial charge on any atom is -0.340 e. The first kappa shape index (κ1) is 16.6. The summed E-state index contributed by atoms with van der Waals surface area (Å²) in [4.78, 5) is 12.6. The minimum atomic E-state index is -0.135. The number of fused-ring (bicyclic) bond motifs is 1. The van der Waals surface area contributed by atoms with Crippen molar-refractivity contribution in [1.82, 2.24) is 15.1 Å². The summed E-state index contributed by atoms with van der Waals surface area (Å²) in [6.07, 6.45) is 0.870. The summed E-state index contributed by atoms with van der Waals surface area (Å²) >= 11 is 0. The molecule has 0 fully saturated rings. The second-order valence-electron chi connectivity index (χ2n) is 7.37. The third kappa shape index (κ3) is 2.81. The van der Waals surface area contributed by atoms with Gasteiger partial charge in [-0.25, -0.2) is 4.68 Å². The van der Waals surface area contributed by atoms with Crippen LogP contribution in [0, 0.1) is 12.8 Å². The van der Waals surface area contributed by atoms with Crippen LogP contribution in [0.5, 0.6) is 0 Å². The van der Waals surface area contributed by atoms with Gasteiger partial charge in [-0.15, -0.1) is 0 Å². The van der Waals surface area contributed by atoms with Crippen molar-refractivity contribution in [2.24, 2.45) is 5.92 Å². The zero-order valence-corrected chi connectivity index (χ0v) is 15.4. The van der Waals surface area contributed by atoms with Crippen LogP contribution < -0.4 is 5.32 Å². The Labute approximate surface area is 153 Å². The lowest BCUT2D eigenvalue weighted by Gasteiger charge is -2.17. The molecule has 2 aromatic carbocycles. The average Bonchev–Trinajstić information content (AvgIpc) is 3.15. The van der Waals surface area contributed by atoms with Crippen LogP contribution in [0.4, 0.5) is 0 Å². The molecule has 132 valence electrons. The van der Waals surface area contributed by atoms with Gasteiger partial charge in [0.05, 0.1) is 17.4 Å². The Kier molecular flexibility index (Phi) is 4.11. The van der Waals surface area contributed by atoms with Crippen molar-refractivity contribution in [3.8, 4) is 5.69 Å². The molecule has 0 saturated heterocycles. The Hall–Kier alpha value is -2.88. The summed E-state index contributed by atoms with van der Waals surface area (Å²) in [6.45, 7) is 6.46. The topological polar surface area (TPSA) is 46.9 Å². The Morgan fingerprint density at radius 1 is 1.08 bits per heavy atom. The number of carbonyl (C=O) groups is 1. The fourth-order valence-corrected chi connectivity index (χ4v) is 3.58. The maximum absolute atomic E-state index is 12.6. The molecular formula is C22H23N3O. The standard InChI is InChI=1S/C22H23N3O/c1-14(2)13-18-19-20(16-11-9-15(3)10-12-16)23-22(26)21(19)24-25(18)17-7-5-4-6-8-17/h4-12,14,20H,13H2,1-3H3,(H,23,26). The van der Waals surface area contributed by atoms with Gasteiger partial charge in [0.25, 0.3) is 5.91 Å². The van der Waals surface area contributed by atoms with E-state index in [0.717, 1.165) is 28.9 Å². The quantitative estimate of drug-likeness (QED) is 0.770. The molecule has 4 heteroatoms. The summed E-state index contributed by atoms with van der Waals surface area (Å²) in [5.41, 5.74) is 5.99. The van der Waals surface area contributed by atoms with E-state index in [1.54, 1.807) is 0 Å². The van der Waals surface area contributed by atoms with E-state index < -0.39 is 0 Å². The van der Waals surface area contributed by atoms with E-state index in [1.807, 2.05) is 35.0 Å². The molecule has 1 amide bonds. The van der Waals surface area contributed by atoms with Crippen LogP contribution in [-0.4, -0.2) is 15.7 Å². The van der Waals surface area contributed by atoms with E-state index in [1.165, 1.54) is 5.56 Å². The van der Waals surface area contributed by atoms with Gasteiger partial charge in [0.1, 0.15) is 0 Å². The van der Waals surface area contributed by atoms with Crippen molar-refractivity contribution in [3.05, 3.63) is 82.7 Å². The van der Waals surface area contributed by atoms with Gasteiger partial charge in [-0.1, -0.05) is 61.9 Å². The van der Waals surface area contributed by atoms with Crippen LogP contribution in [0.15, 0.2) is 54.6 Å². The van der Waals surface area contributed by atoms with Crippen LogP contribution in [0.3, 0.4) is 0 Å². The molecule has 1 aliphatic heterocycles. The smallest absolute Gasteiger partial charge is 0.272 e. The Morgan fingerprint density at radius 3 is 2.42 bits per heavy atom. The molecule has 1 aliphatic rings. The average molecular weight is 345 g/mol. The molecule has 1 aromatic heterocycles. The third-order valence-corrected chi connectivity index (χ3v) is 4.81. The molecule has 4 nitrogen and oxygen atoms in total. The number of rotatable bonds is 4. The number of benzene rings is 2. The fraction of sp³-hybridized carbons (Fsp3) is 0.273. The lowest BCUT2D eigenvalue weighted by molar-refractivity contribution is 0.0955. The molecule has 4 rings (SSSR count). The number of hydrogen-bond donors (Lipinski definition) is 1. The highest BCUT2D eigenvalue weighted by Crippen LogP contribution is 2.35. The first-order valence-electron chi connectivity index (χ1n) is 9.09. The van der Waals surface area contributed by atoms with Gasteiger partial charge in [0.2, 0.25) is 0 Å². The largest absolute Gasteiger partial charge is 0.340 e. The molecule has 0 saturated carbocycles. The summed E-state index contributed by atoms with van der Waals surface area (Å²) in [7, 11) is 0.